The van der Waals surface area contributed by atoms with Crippen LogP contribution in [0.5, 0.6) is 0 Å². The molecule has 14 heteroatoms. The summed E-state index contributed by atoms with van der Waals surface area (Å²) in [4.78, 5) is 8.82. The topological polar surface area (TPSA) is 165 Å². The van der Waals surface area contributed by atoms with Crippen molar-refractivity contribution in [2.75, 3.05) is 12.3 Å². The van der Waals surface area contributed by atoms with E-state index in [1.165, 1.54) is 34.0 Å². The SMILES string of the molecule is N#Cc1ncc(Cl)cc1SC1OC(CO)C(O)C(n2cc(-c3csc(N)n3)nn2)[C@@H]1OCc1ccccc1. The van der Waals surface area contributed by atoms with Crippen LogP contribution in [0.4, 0.5) is 5.13 Å². The Bertz CT molecular complexity index is 1430. The molecule has 4 aromatic rings. The summed E-state index contributed by atoms with van der Waals surface area (Å²) >= 11 is 8.61. The van der Waals surface area contributed by atoms with Gasteiger partial charge in [0.05, 0.1) is 24.4 Å². The molecule has 1 aliphatic heterocycles. The molecule has 0 radical (unpaired) electrons. The van der Waals surface area contributed by atoms with E-state index in [1.54, 1.807) is 17.6 Å². The Kier molecular flexibility index (Phi) is 8.20. The first-order chi connectivity index (χ1) is 18.5. The van der Waals surface area contributed by atoms with Gasteiger partial charge in [0.2, 0.25) is 0 Å². The van der Waals surface area contributed by atoms with Gasteiger partial charge in [-0.3, -0.25) is 0 Å². The van der Waals surface area contributed by atoms with Gasteiger partial charge in [-0.25, -0.2) is 14.6 Å². The molecular formula is C24H22ClN7O4S2. The van der Waals surface area contributed by atoms with E-state index in [0.717, 1.165) is 5.56 Å². The normalized spacial score (nSPS) is 23.3. The van der Waals surface area contributed by atoms with Crippen LogP contribution in [0, 0.1) is 11.3 Å². The fourth-order valence-electron chi connectivity index (χ4n) is 4.07. The predicted octanol–water partition coefficient (Wildman–Crippen LogP) is 2.90. The van der Waals surface area contributed by atoms with Crippen LogP contribution in [0.15, 0.2) is 59.1 Å². The Hall–Kier alpha value is -3.09. The van der Waals surface area contributed by atoms with Gasteiger partial charge in [-0.1, -0.05) is 58.9 Å². The number of nitrogens with zero attached hydrogens (tertiary/aromatic N) is 6. The van der Waals surface area contributed by atoms with Crippen molar-refractivity contribution in [1.82, 2.24) is 25.0 Å². The third kappa shape index (κ3) is 5.67. The largest absolute Gasteiger partial charge is 0.394 e. The van der Waals surface area contributed by atoms with Gasteiger partial charge in [-0.05, 0) is 11.6 Å². The van der Waals surface area contributed by atoms with Crippen LogP contribution in [0.3, 0.4) is 0 Å². The molecule has 1 aromatic carbocycles. The molecule has 4 heterocycles. The summed E-state index contributed by atoms with van der Waals surface area (Å²) in [5.74, 6) is 0. The van der Waals surface area contributed by atoms with Gasteiger partial charge in [-0.15, -0.1) is 16.4 Å². The number of aliphatic hydroxyl groups excluding tert-OH is 2. The second-order valence-corrected chi connectivity index (χ2v) is 10.8. The molecule has 5 atom stereocenters. The first-order valence-electron chi connectivity index (χ1n) is 11.4. The molecule has 0 amide bonds. The number of ether oxygens (including phenoxy) is 2. The Labute approximate surface area is 230 Å². The number of anilines is 1. The molecular weight excluding hydrogens is 550 g/mol. The third-order valence-corrected chi connectivity index (χ3v) is 7.94. The summed E-state index contributed by atoms with van der Waals surface area (Å²) in [7, 11) is 0. The van der Waals surface area contributed by atoms with E-state index >= 15 is 0 Å². The zero-order chi connectivity index (χ0) is 26.6. The number of benzene rings is 1. The highest BCUT2D eigenvalue weighted by molar-refractivity contribution is 7.99. The summed E-state index contributed by atoms with van der Waals surface area (Å²) in [5.41, 5.74) is 7.09. The van der Waals surface area contributed by atoms with Gasteiger partial charge >= 0.3 is 0 Å². The monoisotopic (exact) mass is 571 g/mol. The molecule has 0 spiro atoms. The van der Waals surface area contributed by atoms with Gasteiger partial charge in [0.1, 0.15) is 47.2 Å². The maximum atomic E-state index is 11.3. The first-order valence-corrected chi connectivity index (χ1v) is 13.6. The van der Waals surface area contributed by atoms with Crippen molar-refractivity contribution in [3.63, 3.8) is 0 Å². The molecule has 1 aliphatic rings. The highest BCUT2D eigenvalue weighted by Gasteiger charge is 2.48. The molecule has 196 valence electrons. The second-order valence-electron chi connectivity index (χ2n) is 8.35. The summed E-state index contributed by atoms with van der Waals surface area (Å²) in [6.45, 7) is -0.245. The van der Waals surface area contributed by atoms with E-state index in [9.17, 15) is 15.5 Å². The van der Waals surface area contributed by atoms with E-state index in [2.05, 4.69) is 26.3 Å². The molecule has 0 bridgehead atoms. The molecule has 5 rings (SSSR count). The van der Waals surface area contributed by atoms with Gasteiger partial charge in [0, 0.05) is 16.5 Å². The number of thiazole rings is 1. The van der Waals surface area contributed by atoms with Crippen LogP contribution < -0.4 is 5.73 Å². The minimum absolute atomic E-state index is 0.164. The molecule has 1 saturated heterocycles. The quantitative estimate of drug-likeness (QED) is 0.284. The van der Waals surface area contributed by atoms with Crippen molar-refractivity contribution in [3.8, 4) is 17.5 Å². The lowest BCUT2D eigenvalue weighted by Crippen LogP contribution is -2.55. The molecule has 3 aromatic heterocycles. The van der Waals surface area contributed by atoms with Crippen LogP contribution in [-0.2, 0) is 16.1 Å². The number of pyridine rings is 1. The van der Waals surface area contributed by atoms with Crippen LogP contribution in [-0.4, -0.2) is 65.5 Å². The number of hydrogen-bond donors (Lipinski definition) is 3. The van der Waals surface area contributed by atoms with E-state index in [-0.39, 0.29) is 12.3 Å². The number of aliphatic hydroxyl groups is 2. The number of hydrogen-bond acceptors (Lipinski definition) is 12. The van der Waals surface area contributed by atoms with Crippen molar-refractivity contribution in [2.45, 2.75) is 41.3 Å². The maximum Gasteiger partial charge on any atom is 0.180 e. The number of halogens is 1. The number of aromatic nitrogens is 5. The van der Waals surface area contributed by atoms with Crippen molar-refractivity contribution in [3.05, 3.63) is 70.5 Å². The number of nitrogens with two attached hydrogens (primary N) is 1. The van der Waals surface area contributed by atoms with Crippen molar-refractivity contribution in [1.29, 1.82) is 5.26 Å². The summed E-state index contributed by atoms with van der Waals surface area (Å²) in [6, 6.07) is 12.4. The van der Waals surface area contributed by atoms with Crippen molar-refractivity contribution < 1.29 is 19.7 Å². The fourth-order valence-corrected chi connectivity index (χ4v) is 6.07. The molecule has 11 nitrogen and oxygen atoms in total. The van der Waals surface area contributed by atoms with Crippen molar-refractivity contribution in [2.24, 2.45) is 0 Å². The molecule has 38 heavy (non-hydrogen) atoms. The smallest absolute Gasteiger partial charge is 0.180 e. The summed E-state index contributed by atoms with van der Waals surface area (Å²) in [6.07, 6.45) is 0.0822. The lowest BCUT2D eigenvalue weighted by molar-refractivity contribution is -0.196. The third-order valence-electron chi connectivity index (χ3n) is 5.88. The summed E-state index contributed by atoms with van der Waals surface area (Å²) in [5, 5.41) is 41.9. The van der Waals surface area contributed by atoms with E-state index in [1.807, 2.05) is 30.3 Å². The molecule has 4 N–H and O–H groups in total. The minimum Gasteiger partial charge on any atom is -0.394 e. The van der Waals surface area contributed by atoms with Crippen molar-refractivity contribution >= 4 is 39.8 Å². The van der Waals surface area contributed by atoms with Crippen LogP contribution in [0.2, 0.25) is 5.02 Å². The molecule has 0 saturated carbocycles. The lowest BCUT2D eigenvalue weighted by Gasteiger charge is -2.43. The fraction of sp³-hybridized carbons (Fsp3) is 0.292. The van der Waals surface area contributed by atoms with Gasteiger partial charge in [-0.2, -0.15) is 5.26 Å². The Balaban J connectivity index is 1.52. The number of nitriles is 1. The van der Waals surface area contributed by atoms with Crippen LogP contribution in [0.1, 0.15) is 17.3 Å². The summed E-state index contributed by atoms with van der Waals surface area (Å²) < 4.78 is 14.0. The Morgan fingerprint density at radius 2 is 2.11 bits per heavy atom. The van der Waals surface area contributed by atoms with Crippen LogP contribution >= 0.6 is 34.7 Å². The Morgan fingerprint density at radius 3 is 2.82 bits per heavy atom. The van der Waals surface area contributed by atoms with Gasteiger partial charge < -0.3 is 25.4 Å². The molecule has 4 unspecified atom stereocenters. The molecule has 0 aliphatic carbocycles. The van der Waals surface area contributed by atoms with Crippen LogP contribution in [0.25, 0.3) is 11.4 Å². The minimum atomic E-state index is -1.19. The number of rotatable bonds is 8. The lowest BCUT2D eigenvalue weighted by atomic mass is 9.97. The van der Waals surface area contributed by atoms with Gasteiger partial charge in [0.25, 0.3) is 0 Å². The first kappa shape index (κ1) is 26.5. The number of nitrogen functional groups attached to an aromatic ring is 1. The second kappa shape index (κ2) is 11.7. The highest BCUT2D eigenvalue weighted by Crippen LogP contribution is 2.41. The zero-order valence-electron chi connectivity index (χ0n) is 19.7. The average Bonchev–Trinajstić information content (AvgIpc) is 3.58. The maximum absolute atomic E-state index is 11.3. The highest BCUT2D eigenvalue weighted by atomic mass is 35.5. The van der Waals surface area contributed by atoms with E-state index in [0.29, 0.717) is 26.4 Å². The number of thioether (sulfide) groups is 1. The Morgan fingerprint density at radius 1 is 1.29 bits per heavy atom. The average molecular weight is 572 g/mol. The van der Waals surface area contributed by atoms with E-state index < -0.39 is 36.4 Å². The van der Waals surface area contributed by atoms with Gasteiger partial charge in [0.15, 0.2) is 10.8 Å². The van der Waals surface area contributed by atoms with E-state index in [4.69, 9.17) is 26.8 Å². The standard InChI is InChI=1S/C24H22ClN7O4S2/c25-14-6-19(15(7-26)28-8-14)38-23-22(35-11-13-4-2-1-3-5-13)20(21(34)18(10-33)36-23)32-9-16(30-31-32)17-12-37-24(27)29-17/h1-6,8-9,12,18,20-23,33-34H,10-11H2,(H2,27,29)/t18?,20?,21?,22-,23?/m0/s1. The zero-order valence-corrected chi connectivity index (χ0v) is 22.1. The molecule has 1 fully saturated rings. The predicted molar refractivity (Wildman–Crippen MR) is 141 cm³/mol.